The van der Waals surface area contributed by atoms with Gasteiger partial charge in [0.2, 0.25) is 5.91 Å². The van der Waals surface area contributed by atoms with Gasteiger partial charge in [-0.15, -0.1) is 0 Å². The maximum Gasteiger partial charge on any atom is 0.240 e. The molecule has 1 atom stereocenters. The Kier molecular flexibility index (Phi) is 4.62. The van der Waals surface area contributed by atoms with Crippen LogP contribution in [0.4, 0.5) is 0 Å². The number of carbonyl (C=O) groups is 1. The first-order chi connectivity index (χ1) is 8.66. The Morgan fingerprint density at radius 3 is 2.67 bits per heavy atom. The van der Waals surface area contributed by atoms with Gasteiger partial charge in [-0.05, 0) is 51.5 Å². The lowest BCUT2D eigenvalue weighted by Crippen LogP contribution is -2.56. The molecule has 2 rings (SSSR count). The van der Waals surface area contributed by atoms with E-state index in [1.807, 2.05) is 0 Å². The smallest absolute Gasteiger partial charge is 0.240 e. The van der Waals surface area contributed by atoms with Gasteiger partial charge in [0.05, 0.1) is 11.6 Å². The molecule has 1 aliphatic carbocycles. The van der Waals surface area contributed by atoms with Crippen LogP contribution in [0.15, 0.2) is 0 Å². The van der Waals surface area contributed by atoms with Gasteiger partial charge < -0.3 is 15.7 Å². The van der Waals surface area contributed by atoms with Crippen LogP contribution in [0.1, 0.15) is 58.3 Å². The Morgan fingerprint density at radius 2 is 2.11 bits per heavy atom. The fourth-order valence-corrected chi connectivity index (χ4v) is 3.30. The average Bonchev–Trinajstić information content (AvgIpc) is 2.82. The number of hydrogen-bond donors (Lipinski definition) is 3. The third kappa shape index (κ3) is 3.04. The molecule has 0 radical (unpaired) electrons. The highest BCUT2D eigenvalue weighted by Gasteiger charge is 2.40. The van der Waals surface area contributed by atoms with Crippen molar-refractivity contribution >= 4 is 5.91 Å². The van der Waals surface area contributed by atoms with Crippen LogP contribution in [0.5, 0.6) is 0 Å². The van der Waals surface area contributed by atoms with Crippen molar-refractivity contribution < 1.29 is 9.90 Å². The minimum atomic E-state index is -0.315. The van der Waals surface area contributed by atoms with Crippen LogP contribution < -0.4 is 10.6 Å². The molecule has 1 amide bonds. The summed E-state index contributed by atoms with van der Waals surface area (Å²) in [6.07, 6.45) is 7.31. The van der Waals surface area contributed by atoms with Crippen LogP contribution in [-0.2, 0) is 4.79 Å². The molecule has 4 nitrogen and oxygen atoms in total. The molecule has 0 aromatic carbocycles. The number of hydrogen-bond acceptors (Lipinski definition) is 3. The second-order valence-electron chi connectivity index (χ2n) is 5.84. The molecule has 1 unspecified atom stereocenters. The summed E-state index contributed by atoms with van der Waals surface area (Å²) in [7, 11) is 0. The fraction of sp³-hybridized carbons (Fsp3) is 0.929. The minimum Gasteiger partial charge on any atom is -0.393 e. The van der Waals surface area contributed by atoms with E-state index in [-0.39, 0.29) is 23.6 Å². The molecule has 1 aliphatic heterocycles. The predicted octanol–water partition coefficient (Wildman–Crippen LogP) is 1.33. The van der Waals surface area contributed by atoms with Crippen molar-refractivity contribution in [1.82, 2.24) is 10.6 Å². The predicted molar refractivity (Wildman–Crippen MR) is 71.3 cm³/mol. The Bertz CT molecular complexity index is 280. The summed E-state index contributed by atoms with van der Waals surface area (Å²) in [5.41, 5.74) is -0.315. The van der Waals surface area contributed by atoms with Crippen LogP contribution in [0, 0.1) is 0 Å². The molecule has 2 aliphatic rings. The van der Waals surface area contributed by atoms with Crippen LogP contribution >= 0.6 is 0 Å². The summed E-state index contributed by atoms with van der Waals surface area (Å²) in [4.78, 5) is 12.5. The Morgan fingerprint density at radius 1 is 1.39 bits per heavy atom. The van der Waals surface area contributed by atoms with Gasteiger partial charge >= 0.3 is 0 Å². The molecule has 0 spiro atoms. The van der Waals surface area contributed by atoms with Gasteiger partial charge in [0.15, 0.2) is 0 Å². The molecule has 1 heterocycles. The Hall–Kier alpha value is -0.610. The van der Waals surface area contributed by atoms with E-state index < -0.39 is 0 Å². The van der Waals surface area contributed by atoms with Gasteiger partial charge in [-0.1, -0.05) is 13.3 Å². The summed E-state index contributed by atoms with van der Waals surface area (Å²) in [6.45, 7) is 3.09. The number of nitrogens with one attached hydrogen (secondary N) is 2. The van der Waals surface area contributed by atoms with Crippen molar-refractivity contribution in [3.63, 3.8) is 0 Å². The first kappa shape index (κ1) is 13.8. The Balaban J connectivity index is 1.89. The fourth-order valence-electron chi connectivity index (χ4n) is 3.30. The largest absolute Gasteiger partial charge is 0.393 e. The lowest BCUT2D eigenvalue weighted by atomic mass is 9.88. The normalized spacial score (nSPS) is 36.6. The van der Waals surface area contributed by atoms with Crippen molar-refractivity contribution in [3.05, 3.63) is 0 Å². The molecule has 4 heteroatoms. The van der Waals surface area contributed by atoms with E-state index in [2.05, 4.69) is 17.6 Å². The van der Waals surface area contributed by atoms with Gasteiger partial charge in [-0.25, -0.2) is 0 Å². The van der Waals surface area contributed by atoms with E-state index in [1.54, 1.807) is 0 Å². The maximum absolute atomic E-state index is 12.5. The highest BCUT2D eigenvalue weighted by molar-refractivity contribution is 5.86. The second kappa shape index (κ2) is 6.02. The second-order valence-corrected chi connectivity index (χ2v) is 5.84. The standard InChI is InChI=1S/C14H26N2O2/c1-2-8-14(9-3-10-15-14)13(18)16-11-4-6-12(17)7-5-11/h11-12,15,17H,2-10H2,1H3,(H,16,18). The molecule has 18 heavy (non-hydrogen) atoms. The van der Waals surface area contributed by atoms with Crippen LogP contribution in [0.2, 0.25) is 0 Å². The van der Waals surface area contributed by atoms with Gasteiger partial charge in [0.25, 0.3) is 0 Å². The van der Waals surface area contributed by atoms with E-state index in [1.165, 1.54) is 0 Å². The Labute approximate surface area is 110 Å². The van der Waals surface area contributed by atoms with E-state index in [9.17, 15) is 9.90 Å². The topological polar surface area (TPSA) is 61.4 Å². The third-order valence-electron chi connectivity index (χ3n) is 4.39. The highest BCUT2D eigenvalue weighted by Crippen LogP contribution is 2.26. The number of carbonyl (C=O) groups excluding carboxylic acids is 1. The van der Waals surface area contributed by atoms with Crippen LogP contribution in [0.3, 0.4) is 0 Å². The monoisotopic (exact) mass is 254 g/mol. The first-order valence-electron chi connectivity index (χ1n) is 7.40. The molecule has 1 saturated carbocycles. The lowest BCUT2D eigenvalue weighted by molar-refractivity contribution is -0.128. The van der Waals surface area contributed by atoms with Crippen molar-refractivity contribution in [2.24, 2.45) is 0 Å². The summed E-state index contributed by atoms with van der Waals surface area (Å²) in [5.74, 6) is 0.184. The molecular weight excluding hydrogens is 228 g/mol. The van der Waals surface area contributed by atoms with Crippen molar-refractivity contribution in [2.75, 3.05) is 6.54 Å². The zero-order valence-electron chi connectivity index (χ0n) is 11.4. The van der Waals surface area contributed by atoms with Crippen molar-refractivity contribution in [3.8, 4) is 0 Å². The lowest BCUT2D eigenvalue weighted by Gasteiger charge is -2.32. The van der Waals surface area contributed by atoms with E-state index >= 15 is 0 Å². The maximum atomic E-state index is 12.5. The average molecular weight is 254 g/mol. The number of amides is 1. The van der Waals surface area contributed by atoms with E-state index in [0.29, 0.717) is 0 Å². The third-order valence-corrected chi connectivity index (χ3v) is 4.39. The summed E-state index contributed by atoms with van der Waals surface area (Å²) in [5, 5.41) is 16.1. The molecule has 0 aromatic heterocycles. The molecule has 0 aromatic rings. The molecule has 3 N–H and O–H groups in total. The summed E-state index contributed by atoms with van der Waals surface area (Å²) < 4.78 is 0. The molecule has 2 fully saturated rings. The van der Waals surface area contributed by atoms with Crippen molar-refractivity contribution in [1.29, 1.82) is 0 Å². The number of rotatable bonds is 4. The van der Waals surface area contributed by atoms with Gasteiger partial charge in [0.1, 0.15) is 0 Å². The number of aliphatic hydroxyl groups is 1. The summed E-state index contributed by atoms with van der Waals surface area (Å²) in [6, 6.07) is 0.261. The molecule has 1 saturated heterocycles. The minimum absolute atomic E-state index is 0.160. The van der Waals surface area contributed by atoms with E-state index in [0.717, 1.165) is 57.9 Å². The molecule has 104 valence electrons. The van der Waals surface area contributed by atoms with Gasteiger partial charge in [-0.2, -0.15) is 0 Å². The first-order valence-corrected chi connectivity index (χ1v) is 7.40. The van der Waals surface area contributed by atoms with Crippen molar-refractivity contribution in [2.45, 2.75) is 76.0 Å². The number of aliphatic hydroxyl groups excluding tert-OH is 1. The molecular formula is C14H26N2O2. The van der Waals surface area contributed by atoms with Crippen LogP contribution in [0.25, 0.3) is 0 Å². The van der Waals surface area contributed by atoms with Gasteiger partial charge in [0, 0.05) is 6.04 Å². The SMILES string of the molecule is CCCC1(C(=O)NC2CCC(O)CC2)CCCN1. The zero-order valence-corrected chi connectivity index (χ0v) is 11.4. The van der Waals surface area contributed by atoms with Gasteiger partial charge in [-0.3, -0.25) is 4.79 Å². The zero-order chi connectivity index (χ0) is 13.0. The summed E-state index contributed by atoms with van der Waals surface area (Å²) >= 11 is 0. The highest BCUT2D eigenvalue weighted by atomic mass is 16.3. The quantitative estimate of drug-likeness (QED) is 0.709. The van der Waals surface area contributed by atoms with E-state index in [4.69, 9.17) is 0 Å². The van der Waals surface area contributed by atoms with Crippen LogP contribution in [-0.4, -0.2) is 35.2 Å². The molecule has 0 bridgehead atoms.